The molecule has 1 aromatic rings. The highest BCUT2D eigenvalue weighted by molar-refractivity contribution is 9.11. The molecule has 1 heterocycles. The first kappa shape index (κ1) is 7.75. The van der Waals surface area contributed by atoms with E-state index < -0.39 is 0 Å². The first-order valence-corrected chi connectivity index (χ1v) is 4.25. The van der Waals surface area contributed by atoms with E-state index in [0.29, 0.717) is 5.76 Å². The molecule has 0 unspecified atom stereocenters. The summed E-state index contributed by atoms with van der Waals surface area (Å²) in [7, 11) is 1.58. The van der Waals surface area contributed by atoms with Crippen molar-refractivity contribution in [3.8, 4) is 0 Å². The van der Waals surface area contributed by atoms with Crippen LogP contribution in [0.5, 0.6) is 0 Å². The third kappa shape index (κ3) is 1.38. The molecule has 0 bridgehead atoms. The van der Waals surface area contributed by atoms with Crippen LogP contribution in [0.2, 0.25) is 0 Å². The van der Waals surface area contributed by atoms with E-state index in [4.69, 9.17) is 4.74 Å². The van der Waals surface area contributed by atoms with Crippen LogP contribution in [0.4, 0.5) is 0 Å². The van der Waals surface area contributed by atoms with Crippen LogP contribution < -0.4 is 0 Å². The van der Waals surface area contributed by atoms with E-state index in [2.05, 4.69) is 27.5 Å². The summed E-state index contributed by atoms with van der Waals surface area (Å²) in [6.45, 7) is 3.67. The molecular formula is C6H6BrNOS. The Bertz CT molecular complexity index is 246. The number of nitrogens with zero attached hydrogens (tertiary/aromatic N) is 1. The van der Waals surface area contributed by atoms with Gasteiger partial charge >= 0.3 is 0 Å². The fourth-order valence-electron chi connectivity index (χ4n) is 0.510. The summed E-state index contributed by atoms with van der Waals surface area (Å²) in [5.74, 6) is 0.591. The summed E-state index contributed by atoms with van der Waals surface area (Å²) in [6, 6.07) is 0. The van der Waals surface area contributed by atoms with Crippen molar-refractivity contribution in [3.63, 3.8) is 0 Å². The van der Waals surface area contributed by atoms with Crippen LogP contribution in [0.15, 0.2) is 15.9 Å². The summed E-state index contributed by atoms with van der Waals surface area (Å²) in [5.41, 5.74) is 2.52. The molecule has 0 aliphatic carbocycles. The van der Waals surface area contributed by atoms with Gasteiger partial charge in [0.2, 0.25) is 0 Å². The van der Waals surface area contributed by atoms with Crippen molar-refractivity contribution in [2.45, 2.75) is 0 Å². The van der Waals surface area contributed by atoms with E-state index >= 15 is 0 Å². The zero-order chi connectivity index (χ0) is 7.56. The van der Waals surface area contributed by atoms with E-state index in [1.807, 2.05) is 0 Å². The van der Waals surface area contributed by atoms with Gasteiger partial charge in [-0.1, -0.05) is 6.58 Å². The van der Waals surface area contributed by atoms with Gasteiger partial charge in [0, 0.05) is 0 Å². The van der Waals surface area contributed by atoms with Crippen molar-refractivity contribution < 1.29 is 4.74 Å². The summed E-state index contributed by atoms with van der Waals surface area (Å²) in [4.78, 5) is 4.03. The molecule has 1 aromatic heterocycles. The normalized spacial score (nSPS) is 9.40. The quantitative estimate of drug-likeness (QED) is 0.714. The minimum absolute atomic E-state index is 0.591. The lowest BCUT2D eigenvalue weighted by Crippen LogP contribution is -1.84. The summed E-state index contributed by atoms with van der Waals surface area (Å²) in [5, 5.41) is 0. The number of ether oxygens (including phenoxy) is 1. The van der Waals surface area contributed by atoms with Crippen LogP contribution in [0.1, 0.15) is 5.69 Å². The second kappa shape index (κ2) is 3.16. The van der Waals surface area contributed by atoms with Gasteiger partial charge in [-0.3, -0.25) is 0 Å². The average Bonchev–Trinajstić information content (AvgIpc) is 2.34. The topological polar surface area (TPSA) is 22.1 Å². The molecule has 10 heavy (non-hydrogen) atoms. The Balaban J connectivity index is 2.93. The van der Waals surface area contributed by atoms with Gasteiger partial charge in [-0.05, 0) is 15.9 Å². The molecule has 0 radical (unpaired) electrons. The van der Waals surface area contributed by atoms with Gasteiger partial charge in [-0.2, -0.15) is 0 Å². The SMILES string of the molecule is C=C(OC)c1ncsc1Br. The number of aromatic nitrogens is 1. The Morgan fingerprint density at radius 3 is 3.00 bits per heavy atom. The van der Waals surface area contributed by atoms with Crippen LogP contribution >= 0.6 is 27.3 Å². The summed E-state index contributed by atoms with van der Waals surface area (Å²) >= 11 is 4.84. The van der Waals surface area contributed by atoms with Gasteiger partial charge in [-0.15, -0.1) is 11.3 Å². The maximum atomic E-state index is 4.90. The second-order valence-corrected chi connectivity index (χ2v) is 3.77. The number of hydrogen-bond donors (Lipinski definition) is 0. The summed E-state index contributed by atoms with van der Waals surface area (Å²) in [6.07, 6.45) is 0. The number of thiazole rings is 1. The van der Waals surface area contributed by atoms with Crippen molar-refractivity contribution in [1.82, 2.24) is 4.98 Å². The highest BCUT2D eigenvalue weighted by Gasteiger charge is 2.05. The van der Waals surface area contributed by atoms with Crippen molar-refractivity contribution in [3.05, 3.63) is 21.6 Å². The zero-order valence-corrected chi connectivity index (χ0v) is 7.83. The van der Waals surface area contributed by atoms with Crippen LogP contribution in [-0.4, -0.2) is 12.1 Å². The molecule has 0 aromatic carbocycles. The molecule has 0 fully saturated rings. The smallest absolute Gasteiger partial charge is 0.139 e. The Kier molecular flexibility index (Phi) is 2.45. The van der Waals surface area contributed by atoms with Gasteiger partial charge in [0.05, 0.1) is 12.6 Å². The third-order valence-corrected chi connectivity index (χ3v) is 2.58. The maximum Gasteiger partial charge on any atom is 0.139 e. The monoisotopic (exact) mass is 219 g/mol. The molecule has 4 heteroatoms. The van der Waals surface area contributed by atoms with E-state index in [-0.39, 0.29) is 0 Å². The van der Waals surface area contributed by atoms with Crippen molar-refractivity contribution in [1.29, 1.82) is 0 Å². The lowest BCUT2D eigenvalue weighted by Gasteiger charge is -1.98. The van der Waals surface area contributed by atoms with E-state index in [1.54, 1.807) is 12.6 Å². The Labute approximate surface area is 71.7 Å². The minimum Gasteiger partial charge on any atom is -0.495 e. The van der Waals surface area contributed by atoms with Crippen molar-refractivity contribution in [2.24, 2.45) is 0 Å². The Hall–Kier alpha value is -0.350. The molecule has 0 aliphatic rings. The molecule has 0 saturated heterocycles. The van der Waals surface area contributed by atoms with E-state index in [9.17, 15) is 0 Å². The lowest BCUT2D eigenvalue weighted by molar-refractivity contribution is 0.369. The maximum absolute atomic E-state index is 4.90. The molecule has 0 atom stereocenters. The fraction of sp³-hybridized carbons (Fsp3) is 0.167. The van der Waals surface area contributed by atoms with E-state index in [1.165, 1.54) is 11.3 Å². The van der Waals surface area contributed by atoms with Gasteiger partial charge in [0.25, 0.3) is 0 Å². The molecule has 54 valence electrons. The fourth-order valence-corrected chi connectivity index (χ4v) is 1.61. The molecule has 0 spiro atoms. The largest absolute Gasteiger partial charge is 0.495 e. The summed E-state index contributed by atoms with van der Waals surface area (Å²) < 4.78 is 5.85. The number of halogens is 1. The van der Waals surface area contributed by atoms with Crippen LogP contribution in [0.25, 0.3) is 5.76 Å². The molecule has 2 nitrogen and oxygen atoms in total. The number of rotatable bonds is 2. The molecular weight excluding hydrogens is 214 g/mol. The van der Waals surface area contributed by atoms with Crippen LogP contribution in [-0.2, 0) is 4.74 Å². The van der Waals surface area contributed by atoms with Gasteiger partial charge in [0.15, 0.2) is 0 Å². The number of hydrogen-bond acceptors (Lipinski definition) is 3. The van der Waals surface area contributed by atoms with Crippen molar-refractivity contribution in [2.75, 3.05) is 7.11 Å². The molecule has 1 rings (SSSR count). The van der Waals surface area contributed by atoms with Crippen LogP contribution in [0.3, 0.4) is 0 Å². The molecule has 0 N–H and O–H groups in total. The number of methoxy groups -OCH3 is 1. The lowest BCUT2D eigenvalue weighted by atomic mass is 10.4. The average molecular weight is 220 g/mol. The standard InChI is InChI=1S/C6H6BrNOS/c1-4(9-2)5-6(7)10-3-8-5/h3H,1H2,2H3. The first-order chi connectivity index (χ1) is 4.75. The predicted octanol–water partition coefficient (Wildman–Crippen LogP) is 2.52. The van der Waals surface area contributed by atoms with Gasteiger partial charge in [0.1, 0.15) is 15.2 Å². The third-order valence-electron chi connectivity index (χ3n) is 1.03. The van der Waals surface area contributed by atoms with E-state index in [0.717, 1.165) is 9.48 Å². The van der Waals surface area contributed by atoms with Gasteiger partial charge in [-0.25, -0.2) is 4.98 Å². The van der Waals surface area contributed by atoms with Crippen LogP contribution in [0, 0.1) is 0 Å². The molecule has 0 amide bonds. The second-order valence-electron chi connectivity index (χ2n) is 1.60. The highest BCUT2D eigenvalue weighted by atomic mass is 79.9. The highest BCUT2D eigenvalue weighted by Crippen LogP contribution is 2.25. The Morgan fingerprint density at radius 1 is 1.90 bits per heavy atom. The minimum atomic E-state index is 0.591. The predicted molar refractivity (Wildman–Crippen MR) is 45.9 cm³/mol. The molecule has 0 aliphatic heterocycles. The Morgan fingerprint density at radius 2 is 2.60 bits per heavy atom. The molecule has 0 saturated carbocycles. The van der Waals surface area contributed by atoms with Gasteiger partial charge < -0.3 is 4.74 Å². The van der Waals surface area contributed by atoms with Crippen molar-refractivity contribution >= 4 is 33.0 Å². The zero-order valence-electron chi connectivity index (χ0n) is 5.43. The first-order valence-electron chi connectivity index (χ1n) is 2.58.